The van der Waals surface area contributed by atoms with Crippen molar-refractivity contribution in [3.63, 3.8) is 0 Å². The number of nitrogens with one attached hydrogen (secondary N) is 1. The average Bonchev–Trinajstić information content (AvgIpc) is 2.97. The van der Waals surface area contributed by atoms with Crippen molar-refractivity contribution in [1.29, 1.82) is 0 Å². The van der Waals surface area contributed by atoms with Crippen LogP contribution in [0.25, 0.3) is 11.2 Å². The Morgan fingerprint density at radius 1 is 1.28 bits per heavy atom. The Bertz CT molecular complexity index is 800. The number of esters is 2. The maximum Gasteiger partial charge on any atom is 0.303 e. The Kier molecular flexibility index (Phi) is 6.19. The number of carbonyl (C=O) groups is 2. The average molecular weight is 354 g/mol. The van der Waals surface area contributed by atoms with Crippen LogP contribution in [-0.2, 0) is 30.5 Å². The molecule has 0 bridgehead atoms. The highest BCUT2D eigenvalue weighted by Crippen LogP contribution is 2.10. The summed E-state index contributed by atoms with van der Waals surface area (Å²) in [6.07, 6.45) is 0.642. The Morgan fingerprint density at radius 2 is 2.04 bits per heavy atom. The standard InChI is InChI=1S/C14H18N4O7/c1-8(20)23-4-11(25-9(2)21)10(3-19)24-7-18-6-17-12-13(18)15-5-16-14(12)22/h5-6,10-11,19H,3-4,7H2,1-2H3,(H,15,16,22)/t10-,11?/m1/s1. The van der Waals surface area contributed by atoms with E-state index in [0.717, 1.165) is 0 Å². The zero-order valence-electron chi connectivity index (χ0n) is 13.7. The van der Waals surface area contributed by atoms with E-state index in [1.807, 2.05) is 0 Å². The zero-order chi connectivity index (χ0) is 18.4. The lowest BCUT2D eigenvalue weighted by atomic mass is 10.2. The fraction of sp³-hybridized carbons (Fsp3) is 0.500. The number of carbonyl (C=O) groups excluding carboxylic acids is 2. The van der Waals surface area contributed by atoms with Crippen LogP contribution in [0.5, 0.6) is 0 Å². The molecule has 0 aliphatic heterocycles. The number of aliphatic hydroxyl groups is 1. The van der Waals surface area contributed by atoms with E-state index in [1.54, 1.807) is 0 Å². The van der Waals surface area contributed by atoms with Gasteiger partial charge < -0.3 is 24.3 Å². The SMILES string of the molecule is CC(=O)OCC(OC(C)=O)[C@@H](CO)OCn1cnc2c(=O)[nH]cnc21. The van der Waals surface area contributed by atoms with Crippen LogP contribution in [0, 0.1) is 0 Å². The third-order valence-electron chi connectivity index (χ3n) is 3.20. The fourth-order valence-electron chi connectivity index (χ4n) is 2.07. The van der Waals surface area contributed by atoms with Crippen LogP contribution in [-0.4, -0.2) is 62.0 Å². The summed E-state index contributed by atoms with van der Waals surface area (Å²) in [5.41, 5.74) is 0.0441. The van der Waals surface area contributed by atoms with E-state index in [9.17, 15) is 19.5 Å². The van der Waals surface area contributed by atoms with Crippen molar-refractivity contribution in [2.45, 2.75) is 32.8 Å². The smallest absolute Gasteiger partial charge is 0.303 e. The van der Waals surface area contributed by atoms with Crippen LogP contribution in [0.2, 0.25) is 0 Å². The fourth-order valence-corrected chi connectivity index (χ4v) is 2.07. The summed E-state index contributed by atoms with van der Waals surface area (Å²) in [6.45, 7) is 1.54. The molecule has 0 saturated carbocycles. The van der Waals surface area contributed by atoms with Gasteiger partial charge in [0, 0.05) is 13.8 Å². The van der Waals surface area contributed by atoms with Crippen LogP contribution in [0.4, 0.5) is 0 Å². The van der Waals surface area contributed by atoms with Gasteiger partial charge in [-0.3, -0.25) is 19.0 Å². The monoisotopic (exact) mass is 354 g/mol. The summed E-state index contributed by atoms with van der Waals surface area (Å²) in [5, 5.41) is 9.51. The molecule has 2 atom stereocenters. The van der Waals surface area contributed by atoms with E-state index in [1.165, 1.54) is 31.1 Å². The van der Waals surface area contributed by atoms with Crippen molar-refractivity contribution in [2.24, 2.45) is 0 Å². The predicted molar refractivity (Wildman–Crippen MR) is 82.3 cm³/mol. The Hall–Kier alpha value is -2.79. The molecule has 11 nitrogen and oxygen atoms in total. The molecule has 11 heteroatoms. The van der Waals surface area contributed by atoms with Crippen LogP contribution < -0.4 is 5.56 Å². The lowest BCUT2D eigenvalue weighted by molar-refractivity contribution is -0.172. The number of rotatable bonds is 8. The summed E-state index contributed by atoms with van der Waals surface area (Å²) in [7, 11) is 0. The lowest BCUT2D eigenvalue weighted by Gasteiger charge is -2.25. The molecule has 0 fully saturated rings. The van der Waals surface area contributed by atoms with Gasteiger partial charge in [-0.05, 0) is 0 Å². The maximum atomic E-state index is 11.6. The summed E-state index contributed by atoms with van der Waals surface area (Å²) in [4.78, 5) is 44.1. The molecule has 0 amide bonds. The first-order valence-corrected chi connectivity index (χ1v) is 7.34. The zero-order valence-corrected chi connectivity index (χ0v) is 13.7. The van der Waals surface area contributed by atoms with Crippen LogP contribution in [0.3, 0.4) is 0 Å². The van der Waals surface area contributed by atoms with Crippen molar-refractivity contribution < 1.29 is 28.9 Å². The van der Waals surface area contributed by atoms with E-state index in [-0.39, 0.29) is 18.9 Å². The number of hydrogen-bond donors (Lipinski definition) is 2. The number of imidazole rings is 1. The number of H-pyrrole nitrogens is 1. The maximum absolute atomic E-state index is 11.6. The number of aliphatic hydroxyl groups excluding tert-OH is 1. The molecular weight excluding hydrogens is 336 g/mol. The quantitative estimate of drug-likeness (QED) is 0.567. The van der Waals surface area contributed by atoms with Gasteiger partial charge in [0.05, 0.1) is 19.3 Å². The second kappa shape index (κ2) is 8.35. The van der Waals surface area contributed by atoms with Crippen LogP contribution in [0.15, 0.2) is 17.4 Å². The van der Waals surface area contributed by atoms with Crippen LogP contribution in [0.1, 0.15) is 13.8 Å². The minimum absolute atomic E-state index is 0.115. The molecule has 2 N–H and O–H groups in total. The van der Waals surface area contributed by atoms with E-state index < -0.39 is 36.3 Å². The number of hydrogen-bond acceptors (Lipinski definition) is 9. The molecule has 1 unspecified atom stereocenters. The number of aromatic nitrogens is 4. The normalized spacial score (nSPS) is 13.4. The minimum atomic E-state index is -0.988. The highest BCUT2D eigenvalue weighted by Gasteiger charge is 2.26. The van der Waals surface area contributed by atoms with Crippen molar-refractivity contribution in [3.8, 4) is 0 Å². The van der Waals surface area contributed by atoms with E-state index in [4.69, 9.17) is 14.2 Å². The van der Waals surface area contributed by atoms with Crippen molar-refractivity contribution in [1.82, 2.24) is 19.5 Å². The van der Waals surface area contributed by atoms with Crippen LogP contribution >= 0.6 is 0 Å². The summed E-state index contributed by atoms with van der Waals surface area (Å²) in [6, 6.07) is 0. The third-order valence-corrected chi connectivity index (χ3v) is 3.20. The van der Waals surface area contributed by atoms with Gasteiger partial charge in [-0.25, -0.2) is 9.97 Å². The predicted octanol–water partition coefficient (Wildman–Crippen LogP) is -1.05. The Morgan fingerprint density at radius 3 is 2.68 bits per heavy atom. The molecule has 2 heterocycles. The summed E-state index contributed by atoms with van der Waals surface area (Å²) in [5.74, 6) is -1.17. The highest BCUT2D eigenvalue weighted by atomic mass is 16.6. The van der Waals surface area contributed by atoms with E-state index in [2.05, 4.69) is 15.0 Å². The minimum Gasteiger partial charge on any atom is -0.462 e. The van der Waals surface area contributed by atoms with Gasteiger partial charge in [0.2, 0.25) is 0 Å². The molecular formula is C14H18N4O7. The van der Waals surface area contributed by atoms with Gasteiger partial charge in [-0.15, -0.1) is 0 Å². The molecule has 0 aliphatic rings. The number of nitrogens with zero attached hydrogens (tertiary/aromatic N) is 3. The second-order valence-electron chi connectivity index (χ2n) is 5.09. The van der Waals surface area contributed by atoms with E-state index >= 15 is 0 Å². The van der Waals surface area contributed by atoms with Crippen molar-refractivity contribution >= 4 is 23.1 Å². The van der Waals surface area contributed by atoms with Gasteiger partial charge in [-0.2, -0.15) is 0 Å². The topological polar surface area (TPSA) is 146 Å². The van der Waals surface area contributed by atoms with Gasteiger partial charge in [0.1, 0.15) is 19.4 Å². The Labute approximate surface area is 141 Å². The van der Waals surface area contributed by atoms with Gasteiger partial charge >= 0.3 is 11.9 Å². The molecule has 25 heavy (non-hydrogen) atoms. The van der Waals surface area contributed by atoms with Crippen molar-refractivity contribution in [3.05, 3.63) is 23.0 Å². The first kappa shape index (κ1) is 18.5. The van der Waals surface area contributed by atoms with Gasteiger partial charge in [0.25, 0.3) is 5.56 Å². The second-order valence-corrected chi connectivity index (χ2v) is 5.09. The first-order valence-electron chi connectivity index (χ1n) is 7.34. The summed E-state index contributed by atoms with van der Waals surface area (Å²) >= 11 is 0. The number of ether oxygens (including phenoxy) is 3. The molecule has 0 saturated heterocycles. The van der Waals surface area contributed by atoms with Crippen molar-refractivity contribution in [2.75, 3.05) is 13.2 Å². The Balaban J connectivity index is 2.10. The third kappa shape index (κ3) is 4.84. The largest absolute Gasteiger partial charge is 0.462 e. The molecule has 0 aliphatic carbocycles. The van der Waals surface area contributed by atoms with Gasteiger partial charge in [-0.1, -0.05) is 0 Å². The number of aromatic amines is 1. The molecule has 0 radical (unpaired) electrons. The molecule has 136 valence electrons. The molecule has 2 aromatic rings. The number of fused-ring (bicyclic) bond motifs is 1. The highest BCUT2D eigenvalue weighted by molar-refractivity contribution is 5.68. The molecule has 2 rings (SSSR count). The van der Waals surface area contributed by atoms with E-state index in [0.29, 0.717) is 5.65 Å². The van der Waals surface area contributed by atoms with Gasteiger partial charge in [0.15, 0.2) is 17.3 Å². The molecule has 0 spiro atoms. The molecule has 0 aromatic carbocycles. The first-order chi connectivity index (χ1) is 11.9. The summed E-state index contributed by atoms with van der Waals surface area (Å²) < 4.78 is 16.8. The lowest BCUT2D eigenvalue weighted by Crippen LogP contribution is -2.40. The molecule has 2 aromatic heterocycles.